The van der Waals surface area contributed by atoms with Crippen molar-refractivity contribution in [2.75, 3.05) is 0 Å². The highest BCUT2D eigenvalue weighted by atomic mass is 16.3. The number of hydrogen-bond donors (Lipinski definition) is 1. The van der Waals surface area contributed by atoms with Crippen molar-refractivity contribution in [2.45, 2.75) is 45.1 Å². The molecule has 64 valence electrons. The summed E-state index contributed by atoms with van der Waals surface area (Å²) in [5.41, 5.74) is 0. The van der Waals surface area contributed by atoms with Gasteiger partial charge >= 0.3 is 0 Å². The maximum absolute atomic E-state index is 9.00. The summed E-state index contributed by atoms with van der Waals surface area (Å²) in [6.45, 7) is 1.80. The molecule has 0 heterocycles. The summed E-state index contributed by atoms with van der Waals surface area (Å²) in [6.07, 6.45) is 10.6. The molecular formula is C10H18O. The normalized spacial score (nSPS) is 24.2. The molecule has 0 unspecified atom stereocenters. The van der Waals surface area contributed by atoms with Gasteiger partial charge in [0.05, 0.1) is 6.10 Å². The SMILES string of the molecule is C[C@@H](O)C=CC1CCCCC1. The van der Waals surface area contributed by atoms with E-state index in [9.17, 15) is 0 Å². The van der Waals surface area contributed by atoms with Crippen molar-refractivity contribution in [2.24, 2.45) is 5.92 Å². The molecule has 0 bridgehead atoms. The van der Waals surface area contributed by atoms with Gasteiger partial charge in [-0.15, -0.1) is 0 Å². The van der Waals surface area contributed by atoms with E-state index in [1.54, 1.807) is 6.92 Å². The summed E-state index contributed by atoms with van der Waals surface area (Å²) in [7, 11) is 0. The molecule has 0 aromatic rings. The second-order valence-corrected chi connectivity index (χ2v) is 3.52. The van der Waals surface area contributed by atoms with Crippen LogP contribution < -0.4 is 0 Å². The monoisotopic (exact) mass is 154 g/mol. The smallest absolute Gasteiger partial charge is 0.0692 e. The molecule has 1 heteroatoms. The summed E-state index contributed by atoms with van der Waals surface area (Å²) in [4.78, 5) is 0. The molecule has 0 spiro atoms. The van der Waals surface area contributed by atoms with Crippen LogP contribution in [0.4, 0.5) is 0 Å². The van der Waals surface area contributed by atoms with E-state index in [0.29, 0.717) is 0 Å². The van der Waals surface area contributed by atoms with Gasteiger partial charge < -0.3 is 5.11 Å². The van der Waals surface area contributed by atoms with Crippen LogP contribution in [0.15, 0.2) is 12.2 Å². The van der Waals surface area contributed by atoms with Crippen LogP contribution in [0.5, 0.6) is 0 Å². The lowest BCUT2D eigenvalue weighted by atomic mass is 9.89. The van der Waals surface area contributed by atoms with Gasteiger partial charge in [-0.2, -0.15) is 0 Å². The Bertz CT molecular complexity index is 121. The zero-order chi connectivity index (χ0) is 8.10. The van der Waals surface area contributed by atoms with Crippen LogP contribution in [-0.4, -0.2) is 11.2 Å². The van der Waals surface area contributed by atoms with Gasteiger partial charge in [0, 0.05) is 0 Å². The molecule has 1 nitrogen and oxygen atoms in total. The summed E-state index contributed by atoms with van der Waals surface area (Å²) in [6, 6.07) is 0. The molecule has 1 aliphatic rings. The zero-order valence-corrected chi connectivity index (χ0v) is 7.29. The lowest BCUT2D eigenvalue weighted by Crippen LogP contribution is -2.04. The Kier molecular flexibility index (Phi) is 3.64. The molecule has 11 heavy (non-hydrogen) atoms. The largest absolute Gasteiger partial charge is 0.389 e. The van der Waals surface area contributed by atoms with E-state index in [1.165, 1.54) is 32.1 Å². The number of hydrogen-bond acceptors (Lipinski definition) is 1. The summed E-state index contributed by atoms with van der Waals surface area (Å²) < 4.78 is 0. The summed E-state index contributed by atoms with van der Waals surface area (Å²) >= 11 is 0. The van der Waals surface area contributed by atoms with Crippen molar-refractivity contribution in [1.82, 2.24) is 0 Å². The Morgan fingerprint density at radius 2 is 1.91 bits per heavy atom. The summed E-state index contributed by atoms with van der Waals surface area (Å²) in [5, 5.41) is 9.00. The number of aliphatic hydroxyl groups excluding tert-OH is 1. The highest BCUT2D eigenvalue weighted by Crippen LogP contribution is 2.24. The van der Waals surface area contributed by atoms with Gasteiger partial charge in [-0.25, -0.2) is 0 Å². The predicted octanol–water partition coefficient (Wildman–Crippen LogP) is 2.50. The van der Waals surface area contributed by atoms with Crippen LogP contribution in [0.3, 0.4) is 0 Å². The first kappa shape index (κ1) is 8.79. The maximum atomic E-state index is 9.00. The first-order chi connectivity index (χ1) is 5.29. The third kappa shape index (κ3) is 3.57. The molecule has 1 N–H and O–H groups in total. The second kappa shape index (κ2) is 4.55. The minimum absolute atomic E-state index is 0.267. The topological polar surface area (TPSA) is 20.2 Å². The fraction of sp³-hybridized carbons (Fsp3) is 0.800. The minimum Gasteiger partial charge on any atom is -0.389 e. The average Bonchev–Trinajstić information content (AvgIpc) is 2.03. The van der Waals surface area contributed by atoms with E-state index in [-0.39, 0.29) is 6.10 Å². The lowest BCUT2D eigenvalue weighted by molar-refractivity contribution is 0.242. The van der Waals surface area contributed by atoms with Gasteiger partial charge in [-0.05, 0) is 25.7 Å². The van der Waals surface area contributed by atoms with Gasteiger partial charge in [0.15, 0.2) is 0 Å². The van der Waals surface area contributed by atoms with Crippen molar-refractivity contribution < 1.29 is 5.11 Å². The standard InChI is InChI=1S/C10H18O/c1-9(11)7-8-10-5-3-2-4-6-10/h7-11H,2-6H2,1H3/t9-/m1/s1. The molecule has 0 radical (unpaired) electrons. The molecule has 1 saturated carbocycles. The highest BCUT2D eigenvalue weighted by Gasteiger charge is 2.09. The van der Waals surface area contributed by atoms with Crippen molar-refractivity contribution >= 4 is 0 Å². The Labute approximate surface area is 69.1 Å². The predicted molar refractivity (Wildman–Crippen MR) is 47.4 cm³/mol. The third-order valence-corrected chi connectivity index (χ3v) is 2.31. The molecule has 0 saturated heterocycles. The first-order valence-corrected chi connectivity index (χ1v) is 4.65. The van der Waals surface area contributed by atoms with Gasteiger partial charge in [0.2, 0.25) is 0 Å². The zero-order valence-electron chi connectivity index (χ0n) is 7.29. The van der Waals surface area contributed by atoms with Gasteiger partial charge in [0.25, 0.3) is 0 Å². The highest BCUT2D eigenvalue weighted by molar-refractivity contribution is 4.92. The van der Waals surface area contributed by atoms with Crippen LogP contribution >= 0.6 is 0 Å². The molecule has 0 amide bonds. The minimum atomic E-state index is -0.267. The third-order valence-electron chi connectivity index (χ3n) is 2.31. The lowest BCUT2D eigenvalue weighted by Gasteiger charge is -2.17. The van der Waals surface area contributed by atoms with E-state index in [2.05, 4.69) is 6.08 Å². The second-order valence-electron chi connectivity index (χ2n) is 3.52. The van der Waals surface area contributed by atoms with Crippen molar-refractivity contribution in [3.8, 4) is 0 Å². The molecule has 0 aromatic carbocycles. The molecule has 1 atom stereocenters. The van der Waals surface area contributed by atoms with E-state index in [1.807, 2.05) is 6.08 Å². The molecule has 0 aromatic heterocycles. The van der Waals surface area contributed by atoms with Crippen molar-refractivity contribution in [3.63, 3.8) is 0 Å². The van der Waals surface area contributed by atoms with E-state index in [0.717, 1.165) is 5.92 Å². The van der Waals surface area contributed by atoms with E-state index < -0.39 is 0 Å². The molecule has 0 aliphatic heterocycles. The first-order valence-electron chi connectivity index (χ1n) is 4.65. The van der Waals surface area contributed by atoms with Crippen LogP contribution in [0.25, 0.3) is 0 Å². The van der Waals surface area contributed by atoms with Crippen LogP contribution in [0.2, 0.25) is 0 Å². The Morgan fingerprint density at radius 3 is 2.45 bits per heavy atom. The Morgan fingerprint density at radius 1 is 1.27 bits per heavy atom. The maximum Gasteiger partial charge on any atom is 0.0692 e. The van der Waals surface area contributed by atoms with Crippen molar-refractivity contribution in [1.29, 1.82) is 0 Å². The van der Waals surface area contributed by atoms with Crippen LogP contribution in [0, 0.1) is 5.92 Å². The van der Waals surface area contributed by atoms with Gasteiger partial charge in [0.1, 0.15) is 0 Å². The molecule has 1 aliphatic carbocycles. The van der Waals surface area contributed by atoms with Gasteiger partial charge in [-0.1, -0.05) is 31.4 Å². The fourth-order valence-corrected chi connectivity index (χ4v) is 1.64. The number of allylic oxidation sites excluding steroid dienone is 1. The average molecular weight is 154 g/mol. The van der Waals surface area contributed by atoms with Gasteiger partial charge in [-0.3, -0.25) is 0 Å². The Hall–Kier alpha value is -0.300. The molecule has 1 fully saturated rings. The molecular weight excluding hydrogens is 136 g/mol. The Balaban J connectivity index is 2.23. The quantitative estimate of drug-likeness (QED) is 0.606. The number of aliphatic hydroxyl groups is 1. The van der Waals surface area contributed by atoms with Crippen molar-refractivity contribution in [3.05, 3.63) is 12.2 Å². The molecule has 1 rings (SSSR count). The fourth-order valence-electron chi connectivity index (χ4n) is 1.64. The van der Waals surface area contributed by atoms with E-state index in [4.69, 9.17) is 5.11 Å². The van der Waals surface area contributed by atoms with Crippen LogP contribution in [0.1, 0.15) is 39.0 Å². The van der Waals surface area contributed by atoms with E-state index >= 15 is 0 Å². The summed E-state index contributed by atoms with van der Waals surface area (Å²) in [5.74, 6) is 0.748. The number of rotatable bonds is 2. The van der Waals surface area contributed by atoms with Crippen LogP contribution in [-0.2, 0) is 0 Å².